The summed E-state index contributed by atoms with van der Waals surface area (Å²) in [5.74, 6) is -0.999. The normalized spacial score (nSPS) is 19.2. The van der Waals surface area contributed by atoms with Crippen LogP contribution in [0.4, 0.5) is 4.79 Å². The van der Waals surface area contributed by atoms with Crippen LogP contribution in [0, 0.1) is 5.41 Å². The third-order valence-corrected chi connectivity index (χ3v) is 4.93. The molecule has 0 unspecified atom stereocenters. The van der Waals surface area contributed by atoms with Crippen molar-refractivity contribution in [3.63, 3.8) is 0 Å². The Kier molecular flexibility index (Phi) is 4.33. The number of hydrogen-bond acceptors (Lipinski definition) is 6. The number of nitrogens with one attached hydrogen (secondary N) is 2. The SMILES string of the molecule is CC(C)(C)C(=O)OCN1C(=O)N[C@@H](c2cc3cc4c(cc3o2)C(=O)NCC4)C1=O. The van der Waals surface area contributed by atoms with E-state index in [0.717, 1.165) is 15.8 Å². The highest BCUT2D eigenvalue weighted by molar-refractivity contribution is 6.05. The van der Waals surface area contributed by atoms with Gasteiger partial charge in [-0.15, -0.1) is 0 Å². The molecule has 1 atom stereocenters. The smallest absolute Gasteiger partial charge is 0.327 e. The third kappa shape index (κ3) is 3.32. The lowest BCUT2D eigenvalue weighted by molar-refractivity contribution is -0.158. The zero-order chi connectivity index (χ0) is 20.9. The summed E-state index contributed by atoms with van der Waals surface area (Å²) in [6.45, 7) is 5.14. The van der Waals surface area contributed by atoms with E-state index < -0.39 is 36.1 Å². The van der Waals surface area contributed by atoms with Gasteiger partial charge in [-0.1, -0.05) is 0 Å². The van der Waals surface area contributed by atoms with Crippen LogP contribution in [-0.2, 0) is 20.7 Å². The van der Waals surface area contributed by atoms with E-state index >= 15 is 0 Å². The predicted octanol–water partition coefficient (Wildman–Crippen LogP) is 1.86. The molecule has 4 amide bonds. The Morgan fingerprint density at radius 3 is 2.72 bits per heavy atom. The van der Waals surface area contributed by atoms with Gasteiger partial charge in [-0.3, -0.25) is 14.4 Å². The van der Waals surface area contributed by atoms with E-state index in [4.69, 9.17) is 9.15 Å². The number of rotatable bonds is 3. The van der Waals surface area contributed by atoms with Crippen LogP contribution < -0.4 is 10.6 Å². The molecule has 0 spiro atoms. The molecule has 9 nitrogen and oxygen atoms in total. The molecule has 3 heterocycles. The average molecular weight is 399 g/mol. The van der Waals surface area contributed by atoms with Crippen LogP contribution in [0.3, 0.4) is 0 Å². The molecule has 4 rings (SSSR count). The average Bonchev–Trinajstić information content (AvgIpc) is 3.18. The summed E-state index contributed by atoms with van der Waals surface area (Å²) in [7, 11) is 0. The summed E-state index contributed by atoms with van der Waals surface area (Å²) in [6.07, 6.45) is 0.712. The van der Waals surface area contributed by atoms with Gasteiger partial charge < -0.3 is 19.8 Å². The van der Waals surface area contributed by atoms with Crippen molar-refractivity contribution in [1.82, 2.24) is 15.5 Å². The monoisotopic (exact) mass is 399 g/mol. The zero-order valence-corrected chi connectivity index (χ0v) is 16.3. The molecule has 2 aliphatic heterocycles. The first kappa shape index (κ1) is 19.0. The van der Waals surface area contributed by atoms with Crippen molar-refractivity contribution in [3.05, 3.63) is 35.1 Å². The van der Waals surface area contributed by atoms with E-state index in [2.05, 4.69) is 10.6 Å². The quantitative estimate of drug-likeness (QED) is 0.601. The largest absolute Gasteiger partial charge is 0.458 e. The molecule has 152 valence electrons. The number of esters is 1. The molecular formula is C20H21N3O6. The van der Waals surface area contributed by atoms with E-state index in [1.165, 1.54) is 0 Å². The zero-order valence-electron chi connectivity index (χ0n) is 16.3. The standard InChI is InChI=1S/C20H21N3O6/c1-20(2,3)18(26)28-9-23-17(25)15(22-19(23)27)14-7-11-6-10-4-5-21-16(24)12(10)8-13(11)29-14/h6-8,15H,4-5,9H2,1-3H3,(H,21,24)(H,22,27)/t15-/m0/s1. The van der Waals surface area contributed by atoms with Crippen LogP contribution in [0.1, 0.15) is 48.5 Å². The van der Waals surface area contributed by atoms with Crippen LogP contribution in [0.5, 0.6) is 0 Å². The Balaban J connectivity index is 1.56. The Morgan fingerprint density at radius 2 is 2.00 bits per heavy atom. The second kappa shape index (κ2) is 6.61. The number of nitrogens with zero attached hydrogens (tertiary/aromatic N) is 1. The summed E-state index contributed by atoms with van der Waals surface area (Å²) >= 11 is 0. The molecule has 0 bridgehead atoms. The number of furan rings is 1. The molecule has 29 heavy (non-hydrogen) atoms. The number of ether oxygens (including phenoxy) is 1. The predicted molar refractivity (Wildman–Crippen MR) is 101 cm³/mol. The molecule has 9 heteroatoms. The first-order chi connectivity index (χ1) is 13.6. The van der Waals surface area contributed by atoms with Gasteiger partial charge in [-0.05, 0) is 51.0 Å². The van der Waals surface area contributed by atoms with Crippen molar-refractivity contribution in [2.24, 2.45) is 5.41 Å². The van der Waals surface area contributed by atoms with Crippen LogP contribution in [0.15, 0.2) is 22.6 Å². The number of carbonyl (C=O) groups is 4. The molecule has 0 aliphatic carbocycles. The number of fused-ring (bicyclic) bond motifs is 2. The highest BCUT2D eigenvalue weighted by Gasteiger charge is 2.42. The molecule has 0 saturated carbocycles. The lowest BCUT2D eigenvalue weighted by Crippen LogP contribution is -2.36. The highest BCUT2D eigenvalue weighted by Crippen LogP contribution is 2.31. The molecule has 1 saturated heterocycles. The second-order valence-electron chi connectivity index (χ2n) is 8.16. The van der Waals surface area contributed by atoms with E-state index in [9.17, 15) is 19.2 Å². The molecule has 1 aromatic heterocycles. The summed E-state index contributed by atoms with van der Waals surface area (Å²) in [6, 6.07) is 3.50. The Bertz CT molecular complexity index is 1050. The number of hydrogen-bond donors (Lipinski definition) is 2. The van der Waals surface area contributed by atoms with Crippen molar-refractivity contribution in [1.29, 1.82) is 0 Å². The highest BCUT2D eigenvalue weighted by atomic mass is 16.5. The van der Waals surface area contributed by atoms with E-state index in [0.29, 0.717) is 24.1 Å². The molecule has 2 aliphatic rings. The fourth-order valence-corrected chi connectivity index (χ4v) is 3.29. The van der Waals surface area contributed by atoms with E-state index in [-0.39, 0.29) is 11.7 Å². The fraction of sp³-hybridized carbons (Fsp3) is 0.400. The summed E-state index contributed by atoms with van der Waals surface area (Å²) in [5, 5.41) is 6.07. The number of urea groups is 1. The Hall–Kier alpha value is -3.36. The fourth-order valence-electron chi connectivity index (χ4n) is 3.29. The van der Waals surface area contributed by atoms with Crippen molar-refractivity contribution < 1.29 is 28.3 Å². The Morgan fingerprint density at radius 1 is 1.24 bits per heavy atom. The lowest BCUT2D eigenvalue weighted by atomic mass is 9.98. The Labute approximate surface area is 166 Å². The van der Waals surface area contributed by atoms with Crippen LogP contribution in [0.25, 0.3) is 11.0 Å². The van der Waals surface area contributed by atoms with Gasteiger partial charge in [-0.25, -0.2) is 9.69 Å². The molecule has 2 aromatic rings. The van der Waals surface area contributed by atoms with Gasteiger partial charge >= 0.3 is 12.0 Å². The minimum atomic E-state index is -1.02. The molecular weight excluding hydrogens is 378 g/mol. The maximum Gasteiger partial charge on any atom is 0.327 e. The van der Waals surface area contributed by atoms with Crippen molar-refractivity contribution >= 4 is 34.8 Å². The van der Waals surface area contributed by atoms with Gasteiger partial charge in [0, 0.05) is 17.5 Å². The van der Waals surface area contributed by atoms with Crippen LogP contribution in [-0.4, -0.2) is 42.0 Å². The number of carbonyl (C=O) groups excluding carboxylic acids is 4. The van der Waals surface area contributed by atoms with Gasteiger partial charge in [0.1, 0.15) is 11.3 Å². The topological polar surface area (TPSA) is 118 Å². The minimum Gasteiger partial charge on any atom is -0.458 e. The minimum absolute atomic E-state index is 0.164. The number of imide groups is 1. The number of benzene rings is 1. The molecule has 0 radical (unpaired) electrons. The van der Waals surface area contributed by atoms with Gasteiger partial charge in [-0.2, -0.15) is 0 Å². The van der Waals surface area contributed by atoms with Crippen molar-refractivity contribution in [3.8, 4) is 0 Å². The maximum atomic E-state index is 12.7. The van der Waals surface area contributed by atoms with Gasteiger partial charge in [0.25, 0.3) is 11.8 Å². The van der Waals surface area contributed by atoms with E-state index in [1.54, 1.807) is 32.9 Å². The molecule has 2 N–H and O–H groups in total. The summed E-state index contributed by atoms with van der Waals surface area (Å²) in [5.41, 5.74) is 1.16. The molecule has 1 aromatic carbocycles. The second-order valence-corrected chi connectivity index (χ2v) is 8.16. The molecule has 1 fully saturated rings. The first-order valence-corrected chi connectivity index (χ1v) is 9.29. The van der Waals surface area contributed by atoms with E-state index in [1.807, 2.05) is 6.07 Å². The van der Waals surface area contributed by atoms with Gasteiger partial charge in [0.15, 0.2) is 12.8 Å². The van der Waals surface area contributed by atoms with Crippen molar-refractivity contribution in [2.45, 2.75) is 33.2 Å². The van der Waals surface area contributed by atoms with Crippen LogP contribution in [0.2, 0.25) is 0 Å². The lowest BCUT2D eigenvalue weighted by Gasteiger charge is -2.19. The maximum absolute atomic E-state index is 12.7. The summed E-state index contributed by atoms with van der Waals surface area (Å²) < 4.78 is 10.8. The van der Waals surface area contributed by atoms with Gasteiger partial charge in [0.2, 0.25) is 0 Å². The first-order valence-electron chi connectivity index (χ1n) is 9.29. The van der Waals surface area contributed by atoms with Crippen molar-refractivity contribution in [2.75, 3.05) is 13.3 Å². The third-order valence-electron chi connectivity index (χ3n) is 4.93. The summed E-state index contributed by atoms with van der Waals surface area (Å²) in [4.78, 5) is 49.7. The number of amides is 4. The van der Waals surface area contributed by atoms with Crippen LogP contribution >= 0.6 is 0 Å². The van der Waals surface area contributed by atoms with Gasteiger partial charge in [0.05, 0.1) is 5.41 Å².